The quantitative estimate of drug-likeness (QED) is 0.709. The maximum Gasteiger partial charge on any atom is 0.278 e. The molecule has 2 aromatic rings. The molecule has 9 heteroatoms. The van der Waals surface area contributed by atoms with Crippen LogP contribution in [0.25, 0.3) is 0 Å². The Morgan fingerprint density at radius 2 is 1.70 bits per heavy atom. The van der Waals surface area contributed by atoms with Gasteiger partial charge in [0.2, 0.25) is 12.0 Å². The molecule has 3 heterocycles. The monoisotopic (exact) mass is 410 g/mol. The molecule has 2 amide bonds. The summed E-state index contributed by atoms with van der Waals surface area (Å²) in [6.45, 7) is 0.861. The molecule has 0 radical (unpaired) electrons. The van der Waals surface area contributed by atoms with Crippen LogP contribution in [0.1, 0.15) is 5.56 Å². The van der Waals surface area contributed by atoms with E-state index in [1.807, 2.05) is 0 Å². The van der Waals surface area contributed by atoms with Gasteiger partial charge in [-0.2, -0.15) is 0 Å². The Hall–Kier alpha value is -3.75. The normalized spacial score (nSPS) is 21.8. The van der Waals surface area contributed by atoms with Crippen LogP contribution in [0.15, 0.2) is 41.6 Å². The van der Waals surface area contributed by atoms with Crippen molar-refractivity contribution in [3.8, 4) is 23.0 Å². The minimum atomic E-state index is -1.01. The molecule has 3 aliphatic heterocycles. The lowest BCUT2D eigenvalue weighted by molar-refractivity contribution is -0.126. The summed E-state index contributed by atoms with van der Waals surface area (Å²) in [5.74, 6) is 0.377. The second kappa shape index (κ2) is 6.94. The highest BCUT2D eigenvalue weighted by molar-refractivity contribution is 6.32. The number of oxime groups is 1. The molecule has 0 saturated carbocycles. The molecule has 30 heavy (non-hydrogen) atoms. The molecule has 1 fully saturated rings. The number of hydrogen-bond donors (Lipinski definition) is 0. The number of amides is 2. The first-order valence-electron chi connectivity index (χ1n) is 9.36. The molecule has 0 unspecified atom stereocenters. The number of rotatable bonds is 4. The zero-order chi connectivity index (χ0) is 20.8. The van der Waals surface area contributed by atoms with Crippen molar-refractivity contribution < 1.29 is 33.4 Å². The zero-order valence-corrected chi connectivity index (χ0v) is 16.3. The van der Waals surface area contributed by atoms with E-state index in [0.29, 0.717) is 53.2 Å². The molecule has 9 nitrogen and oxygen atoms in total. The van der Waals surface area contributed by atoms with E-state index in [-0.39, 0.29) is 0 Å². The van der Waals surface area contributed by atoms with Gasteiger partial charge in [-0.05, 0) is 30.3 Å². The Labute approximate surface area is 171 Å². The number of imide groups is 1. The Morgan fingerprint density at radius 3 is 2.47 bits per heavy atom. The number of ether oxygens (including phenoxy) is 4. The molecule has 154 valence electrons. The lowest BCUT2D eigenvalue weighted by atomic mass is 9.94. The van der Waals surface area contributed by atoms with E-state index in [4.69, 9.17) is 23.8 Å². The number of carbonyl (C=O) groups excluding carboxylic acids is 2. The van der Waals surface area contributed by atoms with Gasteiger partial charge < -0.3 is 23.8 Å². The standard InChI is InChI=1S/C21H18N2O7/c1-26-13-5-3-11(9-15(13)27-2)18-17-19(30-22-18)21(25)23(20(17)24)12-4-6-14-16(10-12)29-8-7-28-14/h3-6,9-10,17,19H,7-8H2,1-2H3/t17-,19+/m0/s1. The van der Waals surface area contributed by atoms with E-state index < -0.39 is 23.8 Å². The number of hydrogen-bond acceptors (Lipinski definition) is 8. The van der Waals surface area contributed by atoms with Crippen LogP contribution in [0.3, 0.4) is 0 Å². The van der Waals surface area contributed by atoms with Gasteiger partial charge in [0.05, 0.1) is 19.9 Å². The van der Waals surface area contributed by atoms with Crippen LogP contribution in [0.5, 0.6) is 23.0 Å². The molecule has 0 bridgehead atoms. The summed E-state index contributed by atoms with van der Waals surface area (Å²) in [5.41, 5.74) is 1.39. The Morgan fingerprint density at radius 1 is 0.933 bits per heavy atom. The first kappa shape index (κ1) is 18.3. The van der Waals surface area contributed by atoms with Crippen molar-refractivity contribution >= 4 is 23.2 Å². The third kappa shape index (κ3) is 2.66. The second-order valence-electron chi connectivity index (χ2n) is 6.89. The molecule has 0 spiro atoms. The average Bonchev–Trinajstić information content (AvgIpc) is 3.33. The van der Waals surface area contributed by atoms with Crippen LogP contribution in [-0.4, -0.2) is 51.1 Å². The van der Waals surface area contributed by atoms with Crippen molar-refractivity contribution in [2.45, 2.75) is 6.10 Å². The van der Waals surface area contributed by atoms with Crippen LogP contribution in [0.4, 0.5) is 5.69 Å². The molecule has 5 rings (SSSR count). The summed E-state index contributed by atoms with van der Waals surface area (Å²) in [4.78, 5) is 32.7. The van der Waals surface area contributed by atoms with Crippen molar-refractivity contribution in [3.63, 3.8) is 0 Å². The largest absolute Gasteiger partial charge is 0.493 e. The fourth-order valence-electron chi connectivity index (χ4n) is 3.84. The van der Waals surface area contributed by atoms with Crippen LogP contribution in [0, 0.1) is 5.92 Å². The van der Waals surface area contributed by atoms with Crippen molar-refractivity contribution in [3.05, 3.63) is 42.0 Å². The third-order valence-corrected chi connectivity index (χ3v) is 5.28. The van der Waals surface area contributed by atoms with Gasteiger partial charge in [-0.3, -0.25) is 9.59 Å². The number of methoxy groups -OCH3 is 2. The van der Waals surface area contributed by atoms with Crippen molar-refractivity contribution in [1.29, 1.82) is 0 Å². The van der Waals surface area contributed by atoms with E-state index in [2.05, 4.69) is 5.16 Å². The molecule has 0 N–H and O–H groups in total. The summed E-state index contributed by atoms with van der Waals surface area (Å²) in [7, 11) is 3.05. The van der Waals surface area contributed by atoms with E-state index >= 15 is 0 Å². The highest BCUT2D eigenvalue weighted by Gasteiger charge is 2.56. The Balaban J connectivity index is 1.48. The fraction of sp³-hybridized carbons (Fsp3) is 0.286. The third-order valence-electron chi connectivity index (χ3n) is 5.28. The lowest BCUT2D eigenvalue weighted by Crippen LogP contribution is -2.33. The van der Waals surface area contributed by atoms with Crippen LogP contribution < -0.4 is 23.8 Å². The van der Waals surface area contributed by atoms with Gasteiger partial charge >= 0.3 is 0 Å². The second-order valence-corrected chi connectivity index (χ2v) is 6.89. The molecule has 1 saturated heterocycles. The Kier molecular flexibility index (Phi) is 4.23. The topological polar surface area (TPSA) is 95.9 Å². The summed E-state index contributed by atoms with van der Waals surface area (Å²) in [6, 6.07) is 10.1. The number of benzene rings is 2. The van der Waals surface area contributed by atoms with E-state index in [9.17, 15) is 9.59 Å². The summed E-state index contributed by atoms with van der Waals surface area (Å²) in [6.07, 6.45) is -1.01. The molecule has 2 atom stereocenters. The van der Waals surface area contributed by atoms with Crippen molar-refractivity contribution in [2.24, 2.45) is 11.1 Å². The molecule has 3 aliphatic rings. The predicted octanol–water partition coefficient (Wildman–Crippen LogP) is 1.77. The number of nitrogens with zero attached hydrogens (tertiary/aromatic N) is 2. The predicted molar refractivity (Wildman–Crippen MR) is 104 cm³/mol. The average molecular weight is 410 g/mol. The highest BCUT2D eigenvalue weighted by atomic mass is 16.7. The van der Waals surface area contributed by atoms with E-state index in [0.717, 1.165) is 4.90 Å². The van der Waals surface area contributed by atoms with E-state index in [1.54, 1.807) is 36.4 Å². The molecule has 0 aliphatic carbocycles. The van der Waals surface area contributed by atoms with Gasteiger partial charge in [-0.25, -0.2) is 4.90 Å². The minimum absolute atomic E-state index is 0.374. The molecular weight excluding hydrogens is 392 g/mol. The summed E-state index contributed by atoms with van der Waals surface area (Å²) >= 11 is 0. The van der Waals surface area contributed by atoms with Crippen LogP contribution in [0.2, 0.25) is 0 Å². The van der Waals surface area contributed by atoms with Crippen molar-refractivity contribution in [1.82, 2.24) is 0 Å². The van der Waals surface area contributed by atoms with Gasteiger partial charge in [0, 0.05) is 11.6 Å². The number of anilines is 1. The van der Waals surface area contributed by atoms with Gasteiger partial charge in [0.1, 0.15) is 24.8 Å². The lowest BCUT2D eigenvalue weighted by Gasteiger charge is -2.21. The van der Waals surface area contributed by atoms with Gasteiger partial charge in [-0.1, -0.05) is 5.16 Å². The molecule has 2 aromatic carbocycles. The smallest absolute Gasteiger partial charge is 0.278 e. The maximum atomic E-state index is 13.2. The van der Waals surface area contributed by atoms with Gasteiger partial charge in [0.15, 0.2) is 23.0 Å². The Bertz CT molecular complexity index is 1080. The van der Waals surface area contributed by atoms with Gasteiger partial charge in [-0.15, -0.1) is 0 Å². The fourth-order valence-corrected chi connectivity index (χ4v) is 3.84. The highest BCUT2D eigenvalue weighted by Crippen LogP contribution is 2.40. The summed E-state index contributed by atoms with van der Waals surface area (Å²) < 4.78 is 21.7. The molecule has 0 aromatic heterocycles. The zero-order valence-electron chi connectivity index (χ0n) is 16.3. The first-order chi connectivity index (χ1) is 14.6. The van der Waals surface area contributed by atoms with Crippen LogP contribution >= 0.6 is 0 Å². The van der Waals surface area contributed by atoms with Crippen LogP contribution in [-0.2, 0) is 14.4 Å². The maximum absolute atomic E-state index is 13.2. The number of carbonyl (C=O) groups is 2. The van der Waals surface area contributed by atoms with Crippen molar-refractivity contribution in [2.75, 3.05) is 32.3 Å². The summed E-state index contributed by atoms with van der Waals surface area (Å²) in [5, 5.41) is 4.03. The molecular formula is C21H18N2O7. The first-order valence-corrected chi connectivity index (χ1v) is 9.36. The number of fused-ring (bicyclic) bond motifs is 2. The van der Waals surface area contributed by atoms with Gasteiger partial charge in [0.25, 0.3) is 5.91 Å². The van der Waals surface area contributed by atoms with E-state index in [1.165, 1.54) is 14.2 Å². The SMILES string of the molecule is COc1ccc(C2=NO[C@H]3C(=O)N(c4ccc5c(c4)OCCO5)C(=O)[C@@H]23)cc1OC. The minimum Gasteiger partial charge on any atom is -0.493 e.